The average molecular weight is 393 g/mol. The van der Waals surface area contributed by atoms with Crippen LogP contribution >= 0.6 is 0 Å². The number of aromatic nitrogens is 3. The van der Waals surface area contributed by atoms with Crippen molar-refractivity contribution in [2.24, 2.45) is 4.99 Å². The Labute approximate surface area is 171 Å². The van der Waals surface area contributed by atoms with E-state index in [0.717, 1.165) is 56.6 Å². The second-order valence-electron chi connectivity index (χ2n) is 7.35. The number of hydrogen-bond acceptors (Lipinski definition) is 4. The van der Waals surface area contributed by atoms with Crippen LogP contribution in [0.4, 0.5) is 0 Å². The summed E-state index contributed by atoms with van der Waals surface area (Å²) in [5.41, 5.74) is 2.24. The number of benzene rings is 1. The van der Waals surface area contributed by atoms with Gasteiger partial charge in [-0.15, -0.1) is 10.2 Å². The highest BCUT2D eigenvalue weighted by molar-refractivity contribution is 5.79. The Morgan fingerprint density at radius 1 is 1.07 bits per heavy atom. The zero-order valence-electron chi connectivity index (χ0n) is 16.8. The monoisotopic (exact) mass is 392 g/mol. The Bertz CT molecular complexity index is 946. The molecule has 29 heavy (non-hydrogen) atoms. The average Bonchev–Trinajstić information content (AvgIpc) is 3.20. The molecule has 1 aromatic carbocycles. The molecule has 152 valence electrons. The normalized spacial score (nSPS) is 16.7. The van der Waals surface area contributed by atoms with E-state index in [1.54, 1.807) is 0 Å². The number of guanidine groups is 1. The van der Waals surface area contributed by atoms with Gasteiger partial charge in [0.25, 0.3) is 0 Å². The van der Waals surface area contributed by atoms with Gasteiger partial charge in [0, 0.05) is 37.9 Å². The van der Waals surface area contributed by atoms with Gasteiger partial charge in [0.05, 0.1) is 0 Å². The second-order valence-corrected chi connectivity index (χ2v) is 7.35. The zero-order chi connectivity index (χ0) is 19.9. The van der Waals surface area contributed by atoms with Gasteiger partial charge in [-0.1, -0.05) is 36.4 Å². The molecular formula is C22H28N6O. The van der Waals surface area contributed by atoms with Crippen LogP contribution in [0.2, 0.25) is 0 Å². The van der Waals surface area contributed by atoms with Crippen LogP contribution < -0.4 is 10.6 Å². The lowest BCUT2D eigenvalue weighted by Crippen LogP contribution is -2.48. The van der Waals surface area contributed by atoms with E-state index in [0.29, 0.717) is 6.54 Å². The number of nitrogens with one attached hydrogen (secondary N) is 2. The molecule has 3 aromatic rings. The molecule has 3 heterocycles. The summed E-state index contributed by atoms with van der Waals surface area (Å²) in [4.78, 5) is 4.76. The van der Waals surface area contributed by atoms with Crippen LogP contribution in [0.25, 0.3) is 5.65 Å². The quantitative estimate of drug-likeness (QED) is 0.498. The van der Waals surface area contributed by atoms with Crippen molar-refractivity contribution in [1.82, 2.24) is 25.2 Å². The largest absolute Gasteiger partial charge is 0.381 e. The van der Waals surface area contributed by atoms with Gasteiger partial charge in [-0.25, -0.2) is 4.99 Å². The fourth-order valence-electron chi connectivity index (χ4n) is 3.86. The maximum absolute atomic E-state index is 5.65. The van der Waals surface area contributed by atoms with Crippen molar-refractivity contribution in [3.8, 4) is 0 Å². The van der Waals surface area contributed by atoms with Crippen molar-refractivity contribution < 1.29 is 4.74 Å². The topological polar surface area (TPSA) is 75.8 Å². The number of aliphatic imine (C=N–C) groups is 1. The van der Waals surface area contributed by atoms with E-state index < -0.39 is 0 Å². The molecule has 4 rings (SSSR count). The molecule has 1 fully saturated rings. The van der Waals surface area contributed by atoms with Gasteiger partial charge in [-0.2, -0.15) is 0 Å². The van der Waals surface area contributed by atoms with E-state index in [-0.39, 0.29) is 5.41 Å². The molecule has 0 radical (unpaired) electrons. The van der Waals surface area contributed by atoms with Crippen LogP contribution in [0, 0.1) is 0 Å². The molecule has 0 bridgehead atoms. The molecule has 7 nitrogen and oxygen atoms in total. The minimum absolute atomic E-state index is 0.0528. The first kappa shape index (κ1) is 19.4. The van der Waals surface area contributed by atoms with Gasteiger partial charge in [0.1, 0.15) is 6.54 Å². The van der Waals surface area contributed by atoms with Crippen molar-refractivity contribution in [3.05, 3.63) is 66.1 Å². The van der Waals surface area contributed by atoms with E-state index in [1.165, 1.54) is 5.56 Å². The summed E-state index contributed by atoms with van der Waals surface area (Å²) in [5, 5.41) is 15.4. The lowest BCUT2D eigenvalue weighted by Gasteiger charge is -2.38. The third-order valence-electron chi connectivity index (χ3n) is 5.54. The van der Waals surface area contributed by atoms with Crippen molar-refractivity contribution in [2.45, 2.75) is 31.7 Å². The minimum atomic E-state index is 0.0528. The SMILES string of the molecule is CCNC(=NCc1nnc2ccccn12)NCC1(c2ccccc2)CCOCC1. The lowest BCUT2D eigenvalue weighted by molar-refractivity contribution is 0.0514. The van der Waals surface area contributed by atoms with E-state index >= 15 is 0 Å². The maximum Gasteiger partial charge on any atom is 0.191 e. The highest BCUT2D eigenvalue weighted by Gasteiger charge is 2.34. The van der Waals surface area contributed by atoms with Crippen LogP contribution in [-0.2, 0) is 16.7 Å². The second kappa shape index (κ2) is 9.05. The zero-order valence-corrected chi connectivity index (χ0v) is 16.8. The Morgan fingerprint density at radius 2 is 1.86 bits per heavy atom. The Hall–Kier alpha value is -2.93. The molecule has 0 aliphatic carbocycles. The molecule has 0 amide bonds. The summed E-state index contributed by atoms with van der Waals surface area (Å²) in [5.74, 6) is 1.61. The van der Waals surface area contributed by atoms with Crippen LogP contribution in [-0.4, -0.2) is 46.9 Å². The predicted octanol–water partition coefficient (Wildman–Crippen LogP) is 2.53. The predicted molar refractivity (Wildman–Crippen MR) is 114 cm³/mol. The molecule has 0 unspecified atom stereocenters. The van der Waals surface area contributed by atoms with Gasteiger partial charge in [-0.3, -0.25) is 4.40 Å². The maximum atomic E-state index is 5.65. The fraction of sp³-hybridized carbons (Fsp3) is 0.409. The molecule has 2 N–H and O–H groups in total. The van der Waals surface area contributed by atoms with Gasteiger partial charge >= 0.3 is 0 Å². The Kier molecular flexibility index (Phi) is 6.05. The number of pyridine rings is 1. The molecule has 2 aromatic heterocycles. The molecular weight excluding hydrogens is 364 g/mol. The van der Waals surface area contributed by atoms with Crippen molar-refractivity contribution >= 4 is 11.6 Å². The van der Waals surface area contributed by atoms with Gasteiger partial charge in [0.15, 0.2) is 17.4 Å². The summed E-state index contributed by atoms with van der Waals surface area (Å²) in [7, 11) is 0. The molecule has 0 spiro atoms. The first-order valence-electron chi connectivity index (χ1n) is 10.2. The van der Waals surface area contributed by atoms with E-state index in [9.17, 15) is 0 Å². The van der Waals surface area contributed by atoms with E-state index in [1.807, 2.05) is 28.8 Å². The van der Waals surface area contributed by atoms with Crippen LogP contribution in [0.5, 0.6) is 0 Å². The summed E-state index contributed by atoms with van der Waals surface area (Å²) in [6.45, 7) is 5.72. The first-order valence-corrected chi connectivity index (χ1v) is 10.2. The number of ether oxygens (including phenoxy) is 1. The van der Waals surface area contributed by atoms with Crippen LogP contribution in [0.1, 0.15) is 31.2 Å². The third kappa shape index (κ3) is 4.40. The van der Waals surface area contributed by atoms with E-state index in [4.69, 9.17) is 9.73 Å². The molecule has 1 aliphatic heterocycles. The van der Waals surface area contributed by atoms with Crippen LogP contribution in [0.15, 0.2) is 59.7 Å². The Morgan fingerprint density at radius 3 is 2.66 bits per heavy atom. The summed E-state index contributed by atoms with van der Waals surface area (Å²) in [6.07, 6.45) is 3.96. The highest BCUT2D eigenvalue weighted by atomic mass is 16.5. The van der Waals surface area contributed by atoms with Crippen molar-refractivity contribution in [3.63, 3.8) is 0 Å². The molecule has 1 saturated heterocycles. The number of fused-ring (bicyclic) bond motifs is 1. The number of nitrogens with zero attached hydrogens (tertiary/aromatic N) is 4. The van der Waals surface area contributed by atoms with Gasteiger partial charge in [0.2, 0.25) is 0 Å². The summed E-state index contributed by atoms with van der Waals surface area (Å²) < 4.78 is 7.62. The summed E-state index contributed by atoms with van der Waals surface area (Å²) >= 11 is 0. The smallest absolute Gasteiger partial charge is 0.191 e. The number of rotatable bonds is 6. The number of hydrogen-bond donors (Lipinski definition) is 2. The standard InChI is InChI=1S/C22H28N6O/c1-2-23-21(24-16-20-27-26-19-10-6-7-13-28(19)20)25-17-22(11-14-29-15-12-22)18-8-4-3-5-9-18/h3-10,13H,2,11-12,14-17H2,1H3,(H2,23,24,25). The molecule has 0 atom stereocenters. The summed E-state index contributed by atoms with van der Waals surface area (Å²) in [6, 6.07) is 16.6. The first-order chi connectivity index (χ1) is 14.3. The van der Waals surface area contributed by atoms with Gasteiger partial charge < -0.3 is 15.4 Å². The fourth-order valence-corrected chi connectivity index (χ4v) is 3.86. The third-order valence-corrected chi connectivity index (χ3v) is 5.54. The molecule has 0 saturated carbocycles. The minimum Gasteiger partial charge on any atom is -0.381 e. The molecule has 1 aliphatic rings. The van der Waals surface area contributed by atoms with E-state index in [2.05, 4.69) is 58.1 Å². The highest BCUT2D eigenvalue weighted by Crippen LogP contribution is 2.34. The van der Waals surface area contributed by atoms with Gasteiger partial charge in [-0.05, 0) is 37.5 Å². The molecule has 7 heteroatoms. The van der Waals surface area contributed by atoms with Crippen molar-refractivity contribution in [1.29, 1.82) is 0 Å². The lowest BCUT2D eigenvalue weighted by atomic mass is 9.74. The van der Waals surface area contributed by atoms with Crippen LogP contribution in [0.3, 0.4) is 0 Å². The van der Waals surface area contributed by atoms with Crippen molar-refractivity contribution in [2.75, 3.05) is 26.3 Å². The Balaban J connectivity index is 1.50.